The molecule has 142 valence electrons. The van der Waals surface area contributed by atoms with Crippen LogP contribution in [0, 0.1) is 11.3 Å². The molecule has 1 aliphatic heterocycles. The lowest BCUT2D eigenvalue weighted by atomic mass is 10.2. The van der Waals surface area contributed by atoms with Crippen LogP contribution in [0.4, 0.5) is 5.69 Å². The van der Waals surface area contributed by atoms with Gasteiger partial charge in [0.05, 0.1) is 5.02 Å². The molecular formula is C16H17ClN6O3S. The van der Waals surface area contributed by atoms with Gasteiger partial charge in [0, 0.05) is 18.8 Å². The third-order valence-corrected chi connectivity index (χ3v) is 6.47. The second-order valence-electron chi connectivity index (χ2n) is 6.04. The van der Waals surface area contributed by atoms with Crippen LogP contribution in [0.5, 0.6) is 0 Å². The van der Waals surface area contributed by atoms with Gasteiger partial charge in [0.1, 0.15) is 23.8 Å². The molecule has 0 radical (unpaired) electrons. The fraction of sp³-hybridized carbons (Fsp3) is 0.375. The Balaban J connectivity index is 1.76. The second-order valence-corrected chi connectivity index (χ2v) is 8.35. The predicted molar refractivity (Wildman–Crippen MR) is 97.4 cm³/mol. The van der Waals surface area contributed by atoms with Crippen molar-refractivity contribution in [3.05, 3.63) is 35.4 Å². The van der Waals surface area contributed by atoms with Gasteiger partial charge >= 0.3 is 0 Å². The van der Waals surface area contributed by atoms with Crippen LogP contribution in [0.2, 0.25) is 5.02 Å². The Kier molecular flexibility index (Phi) is 5.74. The highest BCUT2D eigenvalue weighted by atomic mass is 35.5. The minimum atomic E-state index is -3.72. The SMILES string of the molecule is N#Cc1ncn(CC(=O)Nc2ccc(Cl)c(S(=O)(=O)N3CCCCC3)c2)n1. The second kappa shape index (κ2) is 8.04. The van der Waals surface area contributed by atoms with Crippen LogP contribution in [0.15, 0.2) is 29.4 Å². The molecular weight excluding hydrogens is 392 g/mol. The number of nitrogens with zero attached hydrogens (tertiary/aromatic N) is 5. The van der Waals surface area contributed by atoms with Gasteiger partial charge in [-0.05, 0) is 31.0 Å². The third kappa shape index (κ3) is 4.44. The summed E-state index contributed by atoms with van der Waals surface area (Å²) in [5.41, 5.74) is 0.306. The number of nitrogens with one attached hydrogen (secondary N) is 1. The largest absolute Gasteiger partial charge is 0.324 e. The van der Waals surface area contributed by atoms with Crippen molar-refractivity contribution in [2.45, 2.75) is 30.7 Å². The molecule has 0 saturated carbocycles. The maximum Gasteiger partial charge on any atom is 0.252 e. The lowest BCUT2D eigenvalue weighted by Crippen LogP contribution is -2.35. The van der Waals surface area contributed by atoms with Gasteiger partial charge in [-0.3, -0.25) is 4.79 Å². The first-order valence-corrected chi connectivity index (χ1v) is 10.1. The Bertz CT molecular complexity index is 992. The van der Waals surface area contributed by atoms with E-state index in [1.807, 2.05) is 0 Å². The molecule has 0 aliphatic carbocycles. The van der Waals surface area contributed by atoms with Gasteiger partial charge in [-0.2, -0.15) is 9.57 Å². The number of piperidine rings is 1. The van der Waals surface area contributed by atoms with Gasteiger partial charge in [0.25, 0.3) is 5.82 Å². The number of sulfonamides is 1. The fourth-order valence-electron chi connectivity index (χ4n) is 2.79. The summed E-state index contributed by atoms with van der Waals surface area (Å²) in [7, 11) is -3.72. The van der Waals surface area contributed by atoms with Gasteiger partial charge in [0.2, 0.25) is 15.9 Å². The average molecular weight is 409 g/mol. The van der Waals surface area contributed by atoms with Crippen LogP contribution >= 0.6 is 11.6 Å². The van der Waals surface area contributed by atoms with E-state index < -0.39 is 15.9 Å². The lowest BCUT2D eigenvalue weighted by molar-refractivity contribution is -0.116. The first-order valence-electron chi connectivity index (χ1n) is 8.29. The summed E-state index contributed by atoms with van der Waals surface area (Å²) in [6.45, 7) is 0.761. The number of aromatic nitrogens is 3. The standard InChI is InChI=1S/C16H17ClN6O3S/c17-13-5-4-12(20-16(24)10-22-11-19-15(9-18)21-22)8-14(13)27(25,26)23-6-2-1-3-7-23/h4-5,8,11H,1-3,6-7,10H2,(H,20,24). The number of halogens is 1. The van der Waals surface area contributed by atoms with E-state index in [2.05, 4.69) is 15.4 Å². The van der Waals surface area contributed by atoms with Gasteiger partial charge in [-0.15, -0.1) is 5.10 Å². The number of carbonyl (C=O) groups excluding carboxylic acids is 1. The van der Waals surface area contributed by atoms with E-state index >= 15 is 0 Å². The molecule has 2 heterocycles. The summed E-state index contributed by atoms with van der Waals surface area (Å²) >= 11 is 6.11. The lowest BCUT2D eigenvalue weighted by Gasteiger charge is -2.26. The Morgan fingerprint density at radius 1 is 1.30 bits per heavy atom. The van der Waals surface area contributed by atoms with Crippen molar-refractivity contribution < 1.29 is 13.2 Å². The van der Waals surface area contributed by atoms with Crippen molar-refractivity contribution in [3.8, 4) is 6.07 Å². The zero-order valence-electron chi connectivity index (χ0n) is 14.3. The van der Waals surface area contributed by atoms with Crippen LogP contribution in [0.3, 0.4) is 0 Å². The third-order valence-electron chi connectivity index (χ3n) is 4.09. The van der Waals surface area contributed by atoms with E-state index in [0.29, 0.717) is 18.8 Å². The number of hydrogen-bond donors (Lipinski definition) is 1. The summed E-state index contributed by atoms with van der Waals surface area (Å²) in [5.74, 6) is -0.475. The van der Waals surface area contributed by atoms with E-state index in [0.717, 1.165) is 19.3 Å². The summed E-state index contributed by atoms with van der Waals surface area (Å²) in [5, 5.41) is 15.2. The molecule has 1 aromatic carbocycles. The van der Waals surface area contributed by atoms with Crippen molar-refractivity contribution in [3.63, 3.8) is 0 Å². The average Bonchev–Trinajstić information content (AvgIpc) is 3.11. The zero-order chi connectivity index (χ0) is 19.4. The summed E-state index contributed by atoms with van der Waals surface area (Å²) in [4.78, 5) is 15.8. The molecule has 27 heavy (non-hydrogen) atoms. The van der Waals surface area contributed by atoms with E-state index in [4.69, 9.17) is 16.9 Å². The molecule has 1 fully saturated rings. The van der Waals surface area contributed by atoms with E-state index in [-0.39, 0.29) is 22.3 Å². The van der Waals surface area contributed by atoms with Crippen LogP contribution in [-0.4, -0.2) is 46.5 Å². The van der Waals surface area contributed by atoms with Crippen molar-refractivity contribution in [1.82, 2.24) is 19.1 Å². The van der Waals surface area contributed by atoms with Crippen LogP contribution in [-0.2, 0) is 21.4 Å². The summed E-state index contributed by atoms with van der Waals surface area (Å²) in [6.07, 6.45) is 3.91. The minimum absolute atomic E-state index is 0.0311. The van der Waals surface area contributed by atoms with E-state index in [1.165, 1.54) is 33.5 Å². The summed E-state index contributed by atoms with van der Waals surface area (Å²) < 4.78 is 28.3. The van der Waals surface area contributed by atoms with Crippen LogP contribution in [0.1, 0.15) is 25.1 Å². The topological polar surface area (TPSA) is 121 Å². The first kappa shape index (κ1) is 19.3. The Labute approximate surface area is 161 Å². The van der Waals surface area contributed by atoms with Gasteiger partial charge in [-0.25, -0.2) is 18.1 Å². The number of nitriles is 1. The highest BCUT2D eigenvalue weighted by molar-refractivity contribution is 7.89. The molecule has 9 nitrogen and oxygen atoms in total. The smallest absolute Gasteiger partial charge is 0.252 e. The molecule has 1 aliphatic rings. The van der Waals surface area contributed by atoms with Crippen molar-refractivity contribution in [2.75, 3.05) is 18.4 Å². The fourth-order valence-corrected chi connectivity index (χ4v) is 4.81. The van der Waals surface area contributed by atoms with Crippen molar-refractivity contribution in [1.29, 1.82) is 5.26 Å². The highest BCUT2D eigenvalue weighted by Crippen LogP contribution is 2.29. The van der Waals surface area contributed by atoms with Gasteiger partial charge < -0.3 is 5.32 Å². The first-order chi connectivity index (χ1) is 12.9. The Morgan fingerprint density at radius 3 is 2.70 bits per heavy atom. The maximum absolute atomic E-state index is 12.8. The Hall–Kier alpha value is -2.48. The normalized spacial score (nSPS) is 15.3. The quantitative estimate of drug-likeness (QED) is 0.802. The predicted octanol–water partition coefficient (Wildman–Crippen LogP) is 1.62. The molecule has 0 spiro atoms. The molecule has 1 saturated heterocycles. The van der Waals surface area contributed by atoms with Crippen LogP contribution in [0.25, 0.3) is 0 Å². The molecule has 1 aromatic heterocycles. The number of rotatable bonds is 5. The molecule has 3 rings (SSSR count). The van der Waals surface area contributed by atoms with E-state index in [9.17, 15) is 13.2 Å². The number of carbonyl (C=O) groups is 1. The number of hydrogen-bond acceptors (Lipinski definition) is 6. The minimum Gasteiger partial charge on any atom is -0.324 e. The maximum atomic E-state index is 12.8. The Morgan fingerprint density at radius 2 is 2.04 bits per heavy atom. The van der Waals surface area contributed by atoms with Gasteiger partial charge in [-0.1, -0.05) is 18.0 Å². The zero-order valence-corrected chi connectivity index (χ0v) is 15.9. The molecule has 11 heteroatoms. The van der Waals surface area contributed by atoms with Crippen LogP contribution < -0.4 is 5.32 Å². The molecule has 1 amide bonds. The molecule has 1 N–H and O–H groups in total. The van der Waals surface area contributed by atoms with Crippen molar-refractivity contribution >= 4 is 33.2 Å². The number of anilines is 1. The number of benzene rings is 1. The molecule has 2 aromatic rings. The summed E-state index contributed by atoms with van der Waals surface area (Å²) in [6, 6.07) is 6.09. The molecule has 0 bridgehead atoms. The van der Waals surface area contributed by atoms with E-state index in [1.54, 1.807) is 6.07 Å². The van der Waals surface area contributed by atoms with Crippen molar-refractivity contribution in [2.24, 2.45) is 0 Å². The number of amides is 1. The highest BCUT2D eigenvalue weighted by Gasteiger charge is 2.28. The molecule has 0 unspecified atom stereocenters. The monoisotopic (exact) mass is 408 g/mol. The molecule has 0 atom stereocenters. The van der Waals surface area contributed by atoms with Gasteiger partial charge in [0.15, 0.2) is 0 Å².